The van der Waals surface area contributed by atoms with E-state index in [2.05, 4.69) is 0 Å². The molecule has 0 bridgehead atoms. The molecule has 0 unspecified atom stereocenters. The fourth-order valence-corrected chi connectivity index (χ4v) is 0. The molecule has 0 aromatic heterocycles. The molecule has 1 radical (unpaired) electrons. The second-order valence-corrected chi connectivity index (χ2v) is 0. The third-order valence-electron chi connectivity index (χ3n) is 0. The van der Waals surface area contributed by atoms with Crippen molar-refractivity contribution in [2.24, 2.45) is 0 Å². The van der Waals surface area contributed by atoms with Crippen LogP contribution >= 0.6 is 0 Å². The Morgan fingerprint density at radius 3 is 1.00 bits per heavy atom. The van der Waals surface area contributed by atoms with Crippen molar-refractivity contribution < 1.29 is 65.8 Å². The maximum absolute atomic E-state index is 0. The normalized spacial score (nSPS) is 0. The molecule has 23 valence electrons. The maximum Gasteiger partial charge on any atom is 0 e. The predicted molar refractivity (Wildman–Crippen MR) is 7.15 cm³/mol. The standard InChI is InChI=1S/Ir.Rb.Ru.Zr.H. The van der Waals surface area contributed by atoms with E-state index in [4.69, 9.17) is 0 Å². The fourth-order valence-electron chi connectivity index (χ4n) is 0. The molecule has 4 heavy (non-hydrogen) atoms. The number of hydrogen-bond donors (Lipinski definition) is 0. The molecule has 0 spiro atoms. The predicted octanol–water partition coefficient (Wildman–Crippen LogP) is -0.656. The zero-order chi connectivity index (χ0) is 0. The molecular weight excluding hydrogens is 470 g/mol. The van der Waals surface area contributed by atoms with Crippen LogP contribution in [0.2, 0.25) is 0 Å². The monoisotopic (exact) mass is 471 g/mol. The first kappa shape index (κ1) is 24.6. The van der Waals surface area contributed by atoms with Gasteiger partial charge in [-0.05, 0) is 0 Å². The Bertz CT molecular complexity index is 8.00. The minimum atomic E-state index is 0. The van der Waals surface area contributed by atoms with Crippen LogP contribution in [0.5, 0.6) is 0 Å². The molecule has 0 N–H and O–H groups in total. The first-order valence-corrected chi connectivity index (χ1v) is 0. The van der Waals surface area contributed by atoms with E-state index in [1.807, 2.05) is 0 Å². The maximum atomic E-state index is 0. The Morgan fingerprint density at radius 2 is 1.00 bits per heavy atom. The Balaban J connectivity index is 0. The van der Waals surface area contributed by atoms with Gasteiger partial charge in [-0.1, -0.05) is 0 Å². The summed E-state index contributed by atoms with van der Waals surface area (Å²) in [6.45, 7) is 0. The summed E-state index contributed by atoms with van der Waals surface area (Å²) in [6, 6.07) is 0. The summed E-state index contributed by atoms with van der Waals surface area (Å²) in [6.07, 6.45) is 0. The Hall–Kier alpha value is 3.96. The van der Waals surface area contributed by atoms with Gasteiger partial charge in [-0.3, -0.25) is 0 Å². The van der Waals surface area contributed by atoms with Crippen molar-refractivity contribution in [3.8, 4) is 0 Å². The zero-order valence-electron chi connectivity index (χ0n) is 1.19. The van der Waals surface area contributed by atoms with Crippen LogP contribution in [-0.2, 0) is 65.8 Å². The van der Waals surface area contributed by atoms with Crippen molar-refractivity contribution in [2.45, 2.75) is 0 Å². The van der Waals surface area contributed by atoms with Crippen molar-refractivity contribution in [2.75, 3.05) is 0 Å². The summed E-state index contributed by atoms with van der Waals surface area (Å²) in [5, 5.41) is 0. The van der Waals surface area contributed by atoms with Gasteiger partial charge in [0.25, 0.3) is 0 Å². The van der Waals surface area contributed by atoms with Gasteiger partial charge >= 0.3 is 58.2 Å². The molecule has 4 heteroatoms. The molecule has 0 aliphatic carbocycles. The minimum Gasteiger partial charge on any atom is 0 e. The molecule has 0 rings (SSSR count). The van der Waals surface area contributed by atoms with Crippen LogP contribution < -0.4 is 0 Å². The second-order valence-electron chi connectivity index (χ2n) is 0. The van der Waals surface area contributed by atoms with Crippen LogP contribution in [0.1, 0.15) is 0 Å². The van der Waals surface area contributed by atoms with E-state index in [-0.39, 0.29) is 124 Å². The molecular formula is HIrRbRuZr. The van der Waals surface area contributed by atoms with Crippen molar-refractivity contribution >= 4 is 58.2 Å². The van der Waals surface area contributed by atoms with Gasteiger partial charge in [-0.15, -0.1) is 0 Å². The molecule has 0 aliphatic rings. The smallest absolute Gasteiger partial charge is 0 e. The van der Waals surface area contributed by atoms with Gasteiger partial charge in [0.1, 0.15) is 0 Å². The van der Waals surface area contributed by atoms with Crippen LogP contribution in [0.3, 0.4) is 0 Å². The van der Waals surface area contributed by atoms with E-state index in [9.17, 15) is 0 Å². The second kappa shape index (κ2) is 15.8. The molecule has 0 saturated carbocycles. The Kier molecular flexibility index (Phi) is 96.9. The van der Waals surface area contributed by atoms with Crippen LogP contribution in [0, 0.1) is 0 Å². The van der Waals surface area contributed by atoms with Crippen molar-refractivity contribution in [1.82, 2.24) is 0 Å². The van der Waals surface area contributed by atoms with E-state index in [0.29, 0.717) is 0 Å². The SMILES string of the molecule is [Ir].[RbH].[Ru].[Zr]. The average Bonchev–Trinajstić information content (AvgIpc) is 0. The summed E-state index contributed by atoms with van der Waals surface area (Å²) in [7, 11) is 0. The van der Waals surface area contributed by atoms with E-state index in [0.717, 1.165) is 0 Å². The summed E-state index contributed by atoms with van der Waals surface area (Å²) < 4.78 is 0. The minimum absolute atomic E-state index is 0. The average molecular weight is 471 g/mol. The van der Waals surface area contributed by atoms with Crippen LogP contribution in [0.15, 0.2) is 0 Å². The fraction of sp³-hybridized carbons (Fsp3) is 0. The van der Waals surface area contributed by atoms with E-state index < -0.39 is 0 Å². The van der Waals surface area contributed by atoms with Gasteiger partial charge in [0.15, 0.2) is 0 Å². The first-order chi connectivity index (χ1) is 0. The van der Waals surface area contributed by atoms with Crippen molar-refractivity contribution in [3.05, 3.63) is 0 Å². The van der Waals surface area contributed by atoms with E-state index >= 15 is 0 Å². The van der Waals surface area contributed by atoms with Gasteiger partial charge < -0.3 is 0 Å². The molecule has 0 aliphatic heterocycles. The third-order valence-corrected chi connectivity index (χ3v) is 0. The third kappa shape index (κ3) is 9.35. The van der Waals surface area contributed by atoms with Crippen molar-refractivity contribution in [1.29, 1.82) is 0 Å². The number of hydrogen-bond acceptors (Lipinski definition) is 0. The quantitative estimate of drug-likeness (QED) is 0.413. The number of rotatable bonds is 0. The van der Waals surface area contributed by atoms with Gasteiger partial charge in [-0.2, -0.15) is 0 Å². The van der Waals surface area contributed by atoms with Crippen LogP contribution in [0.4, 0.5) is 0 Å². The summed E-state index contributed by atoms with van der Waals surface area (Å²) in [5.74, 6) is 0. The Labute approximate surface area is 120 Å². The Morgan fingerprint density at radius 1 is 1.00 bits per heavy atom. The van der Waals surface area contributed by atoms with E-state index in [1.54, 1.807) is 0 Å². The first-order valence-electron chi connectivity index (χ1n) is 0. The van der Waals surface area contributed by atoms with Crippen LogP contribution in [0.25, 0.3) is 0 Å². The van der Waals surface area contributed by atoms with Crippen molar-refractivity contribution in [3.63, 3.8) is 0 Å². The van der Waals surface area contributed by atoms with Gasteiger partial charge in [0.2, 0.25) is 0 Å². The molecule has 0 amide bonds. The summed E-state index contributed by atoms with van der Waals surface area (Å²) >= 11 is 0. The molecule has 0 nitrogen and oxygen atoms in total. The van der Waals surface area contributed by atoms with Crippen LogP contribution in [-0.4, -0.2) is 58.2 Å². The van der Waals surface area contributed by atoms with Gasteiger partial charge in [0, 0.05) is 65.8 Å². The largest absolute Gasteiger partial charge is 0 e. The molecule has 0 aromatic carbocycles. The topological polar surface area (TPSA) is 0 Å². The summed E-state index contributed by atoms with van der Waals surface area (Å²) in [4.78, 5) is 0. The molecule has 0 saturated heterocycles. The molecule has 0 atom stereocenters. The van der Waals surface area contributed by atoms with Gasteiger partial charge in [0.05, 0.1) is 0 Å². The zero-order valence-corrected chi connectivity index (χ0v) is 7.78. The summed E-state index contributed by atoms with van der Waals surface area (Å²) in [5.41, 5.74) is 0. The molecule has 0 heterocycles. The molecule has 0 fully saturated rings. The van der Waals surface area contributed by atoms with E-state index in [1.165, 1.54) is 0 Å². The van der Waals surface area contributed by atoms with Gasteiger partial charge in [-0.25, -0.2) is 0 Å². The molecule has 0 aromatic rings.